The van der Waals surface area contributed by atoms with Gasteiger partial charge < -0.3 is 5.32 Å². The van der Waals surface area contributed by atoms with Crippen LogP contribution in [0.5, 0.6) is 0 Å². The lowest BCUT2D eigenvalue weighted by atomic mass is 10.2. The van der Waals surface area contributed by atoms with E-state index in [1.54, 1.807) is 36.0 Å². The van der Waals surface area contributed by atoms with Crippen LogP contribution in [0.1, 0.15) is 5.56 Å². The van der Waals surface area contributed by atoms with Gasteiger partial charge in [-0.1, -0.05) is 48.5 Å². The number of thioether (sulfide) groups is 1. The van der Waals surface area contributed by atoms with Crippen LogP contribution in [0.4, 0.5) is 0 Å². The van der Waals surface area contributed by atoms with Gasteiger partial charge in [-0.2, -0.15) is 4.31 Å². The number of nitrogens with zero attached hydrogens (tertiary/aromatic N) is 2. The zero-order chi connectivity index (χ0) is 20.5. The molecule has 8 heteroatoms. The molecule has 1 aliphatic heterocycles. The van der Waals surface area contributed by atoms with Crippen molar-refractivity contribution < 1.29 is 13.2 Å². The first-order chi connectivity index (χ1) is 14.1. The number of hydrogen-bond acceptors (Lipinski definition) is 5. The minimum atomic E-state index is -3.42. The van der Waals surface area contributed by atoms with Crippen molar-refractivity contribution in [1.82, 2.24) is 14.5 Å². The highest BCUT2D eigenvalue weighted by molar-refractivity contribution is 7.99. The predicted octanol–water partition coefficient (Wildman–Crippen LogP) is 2.04. The molecule has 1 saturated heterocycles. The van der Waals surface area contributed by atoms with Crippen LogP contribution in [0.15, 0.2) is 65.6 Å². The zero-order valence-corrected chi connectivity index (χ0v) is 18.0. The maximum absolute atomic E-state index is 12.6. The van der Waals surface area contributed by atoms with Crippen LogP contribution in [0.25, 0.3) is 0 Å². The SMILES string of the molecule is O=C(CSCc1ccccc1)NCCN1CCN(S(=O)(=O)c2ccccc2)CC1. The molecule has 0 atom stereocenters. The zero-order valence-electron chi connectivity index (χ0n) is 16.4. The number of amides is 1. The lowest BCUT2D eigenvalue weighted by molar-refractivity contribution is -0.118. The third-order valence-corrected chi connectivity index (χ3v) is 7.72. The Hall–Kier alpha value is -1.87. The van der Waals surface area contributed by atoms with Gasteiger partial charge in [-0.3, -0.25) is 9.69 Å². The van der Waals surface area contributed by atoms with Gasteiger partial charge in [0.15, 0.2) is 0 Å². The molecule has 0 saturated carbocycles. The minimum absolute atomic E-state index is 0.0382. The highest BCUT2D eigenvalue weighted by Gasteiger charge is 2.28. The van der Waals surface area contributed by atoms with Gasteiger partial charge in [0.2, 0.25) is 15.9 Å². The molecule has 1 amide bonds. The molecule has 2 aromatic rings. The van der Waals surface area contributed by atoms with Gasteiger partial charge in [0.05, 0.1) is 10.6 Å². The first-order valence-electron chi connectivity index (χ1n) is 9.71. The molecule has 0 spiro atoms. The van der Waals surface area contributed by atoms with Crippen molar-refractivity contribution in [3.05, 3.63) is 66.2 Å². The van der Waals surface area contributed by atoms with E-state index in [2.05, 4.69) is 22.3 Å². The van der Waals surface area contributed by atoms with Crippen LogP contribution in [0.2, 0.25) is 0 Å². The van der Waals surface area contributed by atoms with Crippen LogP contribution in [-0.4, -0.2) is 68.6 Å². The van der Waals surface area contributed by atoms with E-state index in [0.717, 1.165) is 12.3 Å². The minimum Gasteiger partial charge on any atom is -0.354 e. The third-order valence-electron chi connectivity index (χ3n) is 4.81. The number of benzene rings is 2. The summed E-state index contributed by atoms with van der Waals surface area (Å²) in [6.07, 6.45) is 0. The van der Waals surface area contributed by atoms with Crippen LogP contribution in [0.3, 0.4) is 0 Å². The quantitative estimate of drug-likeness (QED) is 0.655. The average molecular weight is 434 g/mol. The summed E-state index contributed by atoms with van der Waals surface area (Å²) in [5, 5.41) is 2.95. The molecule has 29 heavy (non-hydrogen) atoms. The van der Waals surface area contributed by atoms with Gasteiger partial charge in [0, 0.05) is 45.0 Å². The highest BCUT2D eigenvalue weighted by Crippen LogP contribution is 2.17. The second-order valence-corrected chi connectivity index (χ2v) is 9.81. The van der Waals surface area contributed by atoms with Gasteiger partial charge in [0.25, 0.3) is 0 Å². The molecule has 0 aromatic heterocycles. The van der Waals surface area contributed by atoms with Crippen molar-refractivity contribution in [2.45, 2.75) is 10.6 Å². The lowest BCUT2D eigenvalue weighted by Crippen LogP contribution is -2.50. The number of rotatable bonds is 9. The predicted molar refractivity (Wildman–Crippen MR) is 117 cm³/mol. The topological polar surface area (TPSA) is 69.7 Å². The number of carbonyl (C=O) groups is 1. The van der Waals surface area contributed by atoms with Crippen LogP contribution >= 0.6 is 11.8 Å². The van der Waals surface area contributed by atoms with Crippen LogP contribution in [0, 0.1) is 0 Å². The van der Waals surface area contributed by atoms with Gasteiger partial charge in [-0.15, -0.1) is 11.8 Å². The average Bonchev–Trinajstić information content (AvgIpc) is 2.75. The van der Waals surface area contributed by atoms with Crippen molar-refractivity contribution >= 4 is 27.7 Å². The molecule has 2 aromatic carbocycles. The smallest absolute Gasteiger partial charge is 0.243 e. The Morgan fingerprint density at radius 1 is 0.931 bits per heavy atom. The lowest BCUT2D eigenvalue weighted by Gasteiger charge is -2.33. The fourth-order valence-electron chi connectivity index (χ4n) is 3.18. The van der Waals surface area contributed by atoms with Crippen molar-refractivity contribution in [3.8, 4) is 0 Å². The van der Waals surface area contributed by atoms with Gasteiger partial charge in [0.1, 0.15) is 0 Å². The first kappa shape index (κ1) is 21.8. The molecular weight excluding hydrogens is 406 g/mol. The number of nitrogens with one attached hydrogen (secondary N) is 1. The molecule has 6 nitrogen and oxygen atoms in total. The second kappa shape index (κ2) is 10.8. The summed E-state index contributed by atoms with van der Waals surface area (Å²) in [4.78, 5) is 14.5. The van der Waals surface area contributed by atoms with E-state index in [-0.39, 0.29) is 5.91 Å². The molecule has 0 bridgehead atoms. The molecule has 1 N–H and O–H groups in total. The molecule has 0 unspecified atom stereocenters. The van der Waals surface area contributed by atoms with Crippen molar-refractivity contribution in [3.63, 3.8) is 0 Å². The van der Waals surface area contributed by atoms with E-state index in [1.165, 1.54) is 9.87 Å². The van der Waals surface area contributed by atoms with Crippen LogP contribution < -0.4 is 5.32 Å². The Morgan fingerprint density at radius 3 is 2.21 bits per heavy atom. The van der Waals surface area contributed by atoms with E-state index in [1.807, 2.05) is 24.3 Å². The maximum Gasteiger partial charge on any atom is 0.243 e. The highest BCUT2D eigenvalue weighted by atomic mass is 32.2. The monoisotopic (exact) mass is 433 g/mol. The molecule has 3 rings (SSSR count). The molecular formula is C21H27N3O3S2. The first-order valence-corrected chi connectivity index (χ1v) is 12.3. The van der Waals surface area contributed by atoms with Crippen molar-refractivity contribution in [1.29, 1.82) is 0 Å². The van der Waals surface area contributed by atoms with E-state index in [4.69, 9.17) is 0 Å². The molecule has 156 valence electrons. The third kappa shape index (κ3) is 6.57. The van der Waals surface area contributed by atoms with Gasteiger partial charge >= 0.3 is 0 Å². The summed E-state index contributed by atoms with van der Waals surface area (Å²) in [5.74, 6) is 1.31. The standard InChI is InChI=1S/C21H27N3O3S2/c25-21(18-28-17-19-7-3-1-4-8-19)22-11-12-23-13-15-24(16-14-23)29(26,27)20-9-5-2-6-10-20/h1-10H,11-18H2,(H,22,25). The largest absolute Gasteiger partial charge is 0.354 e. The Bertz CT molecular complexity index is 869. The van der Waals surface area contributed by atoms with Crippen molar-refractivity contribution in [2.24, 2.45) is 0 Å². The summed E-state index contributed by atoms with van der Waals surface area (Å²) >= 11 is 1.60. The van der Waals surface area contributed by atoms with E-state index >= 15 is 0 Å². The summed E-state index contributed by atoms with van der Waals surface area (Å²) in [5.41, 5.74) is 1.22. The van der Waals surface area contributed by atoms with E-state index in [0.29, 0.717) is 43.4 Å². The van der Waals surface area contributed by atoms with Crippen LogP contribution in [-0.2, 0) is 20.6 Å². The fourth-order valence-corrected chi connectivity index (χ4v) is 5.44. The molecule has 1 aliphatic rings. The molecule has 1 fully saturated rings. The summed E-state index contributed by atoms with van der Waals surface area (Å²) in [6.45, 7) is 3.59. The second-order valence-electron chi connectivity index (χ2n) is 6.89. The number of piperazine rings is 1. The Morgan fingerprint density at radius 2 is 1.55 bits per heavy atom. The van der Waals surface area contributed by atoms with E-state index < -0.39 is 10.0 Å². The molecule has 0 aliphatic carbocycles. The van der Waals surface area contributed by atoms with Crippen molar-refractivity contribution in [2.75, 3.05) is 45.0 Å². The Labute approximate surface area is 177 Å². The van der Waals surface area contributed by atoms with Gasteiger partial charge in [-0.05, 0) is 17.7 Å². The molecule has 0 radical (unpaired) electrons. The number of carbonyl (C=O) groups excluding carboxylic acids is 1. The molecule has 1 heterocycles. The van der Waals surface area contributed by atoms with E-state index in [9.17, 15) is 13.2 Å². The maximum atomic E-state index is 12.6. The summed E-state index contributed by atoms with van der Waals surface area (Å²) < 4.78 is 26.8. The fraction of sp³-hybridized carbons (Fsp3) is 0.381. The summed E-state index contributed by atoms with van der Waals surface area (Å²) in [6, 6.07) is 18.7. The number of hydrogen-bond donors (Lipinski definition) is 1. The number of sulfonamides is 1. The Balaban J connectivity index is 1.32. The normalized spacial score (nSPS) is 15.9. The summed E-state index contributed by atoms with van der Waals surface area (Å²) in [7, 11) is -3.42. The van der Waals surface area contributed by atoms with Gasteiger partial charge in [-0.25, -0.2) is 8.42 Å². The Kier molecular flexibility index (Phi) is 8.11.